The highest BCUT2D eigenvalue weighted by Crippen LogP contribution is 2.13. The Morgan fingerprint density at radius 2 is 1.70 bits per heavy atom. The lowest BCUT2D eigenvalue weighted by Crippen LogP contribution is -2.30. The van der Waals surface area contributed by atoms with Crippen molar-refractivity contribution < 1.29 is 23.4 Å². The predicted octanol–water partition coefficient (Wildman–Crippen LogP) is 1.47. The maximum Gasteiger partial charge on any atom is 0.252 e. The van der Waals surface area contributed by atoms with E-state index in [1.165, 1.54) is 17.0 Å². The van der Waals surface area contributed by atoms with Crippen molar-refractivity contribution in [3.05, 3.63) is 30.1 Å². The van der Waals surface area contributed by atoms with Gasteiger partial charge < -0.3 is 19.1 Å². The minimum absolute atomic E-state index is 0.0402. The number of carbonyl (C=O) groups excluding carboxylic acids is 1. The summed E-state index contributed by atoms with van der Waals surface area (Å²) in [5, 5.41) is 0. The second kappa shape index (κ2) is 9.41. The fraction of sp³-hybridized carbons (Fsp3) is 0.500. The van der Waals surface area contributed by atoms with E-state index in [0.29, 0.717) is 32.1 Å². The quantitative estimate of drug-likeness (QED) is 0.645. The molecule has 0 heterocycles. The molecule has 1 aromatic carbocycles. The molecule has 0 radical (unpaired) electrons. The van der Waals surface area contributed by atoms with Crippen LogP contribution in [-0.4, -0.2) is 53.1 Å². The van der Waals surface area contributed by atoms with Gasteiger partial charge in [0.15, 0.2) is 0 Å². The molecule has 1 rings (SSSR count). The lowest BCUT2D eigenvalue weighted by atomic mass is 10.3. The lowest BCUT2D eigenvalue weighted by Gasteiger charge is -2.17. The van der Waals surface area contributed by atoms with Crippen LogP contribution in [0.1, 0.15) is 0 Å². The van der Waals surface area contributed by atoms with Crippen LogP contribution in [0.2, 0.25) is 0 Å². The van der Waals surface area contributed by atoms with Crippen molar-refractivity contribution in [1.29, 1.82) is 0 Å². The molecular weight excluding hydrogens is 265 g/mol. The molecule has 0 aliphatic rings. The van der Waals surface area contributed by atoms with Crippen molar-refractivity contribution >= 4 is 11.6 Å². The Morgan fingerprint density at radius 1 is 1.10 bits per heavy atom. The Morgan fingerprint density at radius 3 is 2.35 bits per heavy atom. The standard InChI is InChI=1S/C14H20FNO4/c1-16(13-5-3-12(15)4-6-13)14(17)11-20-10-9-19-8-7-18-2/h3-6H,7-11H2,1-2H3. The topological polar surface area (TPSA) is 48.0 Å². The predicted molar refractivity (Wildman–Crippen MR) is 73.3 cm³/mol. The number of anilines is 1. The first-order valence-corrected chi connectivity index (χ1v) is 6.31. The molecule has 5 nitrogen and oxygen atoms in total. The summed E-state index contributed by atoms with van der Waals surface area (Å²) in [6.45, 7) is 1.75. The summed E-state index contributed by atoms with van der Waals surface area (Å²) in [6, 6.07) is 5.70. The average Bonchev–Trinajstić information content (AvgIpc) is 2.46. The van der Waals surface area contributed by atoms with E-state index in [0.717, 1.165) is 0 Å². The van der Waals surface area contributed by atoms with E-state index >= 15 is 0 Å². The zero-order chi connectivity index (χ0) is 14.8. The zero-order valence-electron chi connectivity index (χ0n) is 11.8. The summed E-state index contributed by atoms with van der Waals surface area (Å²) in [5.41, 5.74) is 0.622. The molecule has 6 heteroatoms. The van der Waals surface area contributed by atoms with Crippen LogP contribution in [0, 0.1) is 5.82 Å². The van der Waals surface area contributed by atoms with Crippen LogP contribution in [0.25, 0.3) is 0 Å². The van der Waals surface area contributed by atoms with E-state index in [1.54, 1.807) is 26.3 Å². The van der Waals surface area contributed by atoms with Gasteiger partial charge in [0.05, 0.1) is 26.4 Å². The van der Waals surface area contributed by atoms with Crippen LogP contribution in [0.15, 0.2) is 24.3 Å². The fourth-order valence-corrected chi connectivity index (χ4v) is 1.43. The summed E-state index contributed by atoms with van der Waals surface area (Å²) in [7, 11) is 3.22. The lowest BCUT2D eigenvalue weighted by molar-refractivity contribution is -0.123. The monoisotopic (exact) mass is 285 g/mol. The first kappa shape index (κ1) is 16.6. The van der Waals surface area contributed by atoms with Gasteiger partial charge in [-0.25, -0.2) is 4.39 Å². The second-order valence-corrected chi connectivity index (χ2v) is 4.09. The van der Waals surface area contributed by atoms with Crippen molar-refractivity contribution in [1.82, 2.24) is 0 Å². The third kappa shape index (κ3) is 6.10. The largest absolute Gasteiger partial charge is 0.382 e. The van der Waals surface area contributed by atoms with Gasteiger partial charge in [-0.15, -0.1) is 0 Å². The van der Waals surface area contributed by atoms with Crippen molar-refractivity contribution in [2.24, 2.45) is 0 Å². The van der Waals surface area contributed by atoms with Gasteiger partial charge >= 0.3 is 0 Å². The van der Waals surface area contributed by atoms with E-state index in [-0.39, 0.29) is 18.3 Å². The Hall–Kier alpha value is -1.50. The minimum atomic E-state index is -0.334. The number of methoxy groups -OCH3 is 1. The molecule has 1 aromatic rings. The summed E-state index contributed by atoms with van der Waals surface area (Å²) < 4.78 is 28.0. The van der Waals surface area contributed by atoms with Crippen LogP contribution in [0.5, 0.6) is 0 Å². The summed E-state index contributed by atoms with van der Waals surface area (Å²) in [4.78, 5) is 13.2. The van der Waals surface area contributed by atoms with Gasteiger partial charge in [0.25, 0.3) is 5.91 Å². The molecule has 0 N–H and O–H groups in total. The van der Waals surface area contributed by atoms with Crippen molar-refractivity contribution in [2.75, 3.05) is 52.1 Å². The number of hydrogen-bond acceptors (Lipinski definition) is 4. The van der Waals surface area contributed by atoms with Crippen LogP contribution >= 0.6 is 0 Å². The third-order valence-electron chi connectivity index (χ3n) is 2.62. The van der Waals surface area contributed by atoms with Gasteiger partial charge in [0, 0.05) is 19.8 Å². The maximum absolute atomic E-state index is 12.8. The molecule has 20 heavy (non-hydrogen) atoms. The fourth-order valence-electron chi connectivity index (χ4n) is 1.43. The molecule has 0 aliphatic carbocycles. The number of likely N-dealkylation sites (N-methyl/N-ethyl adjacent to an activating group) is 1. The molecule has 0 unspecified atom stereocenters. The molecule has 0 atom stereocenters. The Kier molecular flexibility index (Phi) is 7.79. The Balaban J connectivity index is 2.20. The molecule has 0 aromatic heterocycles. The third-order valence-corrected chi connectivity index (χ3v) is 2.62. The van der Waals surface area contributed by atoms with Crippen LogP contribution in [0.4, 0.5) is 10.1 Å². The van der Waals surface area contributed by atoms with Crippen LogP contribution in [0.3, 0.4) is 0 Å². The molecule has 1 amide bonds. The molecular formula is C14H20FNO4. The van der Waals surface area contributed by atoms with Gasteiger partial charge in [-0.1, -0.05) is 0 Å². The number of benzene rings is 1. The van der Waals surface area contributed by atoms with Gasteiger partial charge in [-0.3, -0.25) is 4.79 Å². The highest BCUT2D eigenvalue weighted by atomic mass is 19.1. The van der Waals surface area contributed by atoms with E-state index in [9.17, 15) is 9.18 Å². The number of amides is 1. The molecule has 0 bridgehead atoms. The molecule has 0 aliphatic heterocycles. The van der Waals surface area contributed by atoms with E-state index < -0.39 is 0 Å². The molecule has 0 saturated heterocycles. The Labute approximate surface area is 118 Å². The van der Waals surface area contributed by atoms with Crippen LogP contribution < -0.4 is 4.90 Å². The number of nitrogens with zero attached hydrogens (tertiary/aromatic N) is 1. The summed E-state index contributed by atoms with van der Waals surface area (Å²) >= 11 is 0. The second-order valence-electron chi connectivity index (χ2n) is 4.09. The molecule has 112 valence electrons. The number of carbonyl (C=O) groups is 1. The highest BCUT2D eigenvalue weighted by molar-refractivity contribution is 5.93. The normalized spacial score (nSPS) is 10.6. The highest BCUT2D eigenvalue weighted by Gasteiger charge is 2.10. The van der Waals surface area contributed by atoms with Gasteiger partial charge in [-0.2, -0.15) is 0 Å². The number of ether oxygens (including phenoxy) is 3. The SMILES string of the molecule is COCCOCCOCC(=O)N(C)c1ccc(F)cc1. The number of rotatable bonds is 9. The van der Waals surface area contributed by atoms with Gasteiger partial charge in [0.1, 0.15) is 12.4 Å². The first-order valence-electron chi connectivity index (χ1n) is 6.31. The zero-order valence-corrected chi connectivity index (χ0v) is 11.8. The summed E-state index contributed by atoms with van der Waals surface area (Å²) in [6.07, 6.45) is 0. The van der Waals surface area contributed by atoms with Crippen molar-refractivity contribution in [3.8, 4) is 0 Å². The van der Waals surface area contributed by atoms with Gasteiger partial charge in [-0.05, 0) is 24.3 Å². The van der Waals surface area contributed by atoms with E-state index in [4.69, 9.17) is 14.2 Å². The van der Waals surface area contributed by atoms with E-state index in [2.05, 4.69) is 0 Å². The number of halogens is 1. The maximum atomic E-state index is 12.8. The van der Waals surface area contributed by atoms with Crippen LogP contribution in [-0.2, 0) is 19.0 Å². The van der Waals surface area contributed by atoms with Crippen molar-refractivity contribution in [3.63, 3.8) is 0 Å². The summed E-state index contributed by atoms with van der Waals surface area (Å²) in [5.74, 6) is -0.535. The minimum Gasteiger partial charge on any atom is -0.382 e. The van der Waals surface area contributed by atoms with E-state index in [1.807, 2.05) is 0 Å². The van der Waals surface area contributed by atoms with Gasteiger partial charge in [0.2, 0.25) is 0 Å². The van der Waals surface area contributed by atoms with Crippen molar-refractivity contribution in [2.45, 2.75) is 0 Å². The molecule has 0 spiro atoms. The number of hydrogen-bond donors (Lipinski definition) is 0. The Bertz CT molecular complexity index is 397. The molecule has 0 saturated carbocycles. The average molecular weight is 285 g/mol. The smallest absolute Gasteiger partial charge is 0.252 e. The molecule has 0 fully saturated rings. The first-order chi connectivity index (χ1) is 9.65.